The van der Waals surface area contributed by atoms with E-state index < -0.39 is 0 Å². The Morgan fingerprint density at radius 1 is 1.35 bits per heavy atom. The Morgan fingerprint density at radius 3 is 2.75 bits per heavy atom. The van der Waals surface area contributed by atoms with Crippen LogP contribution in [0.15, 0.2) is 36.5 Å². The number of rotatable bonds is 4. The summed E-state index contributed by atoms with van der Waals surface area (Å²) in [4.78, 5) is 16.2. The minimum absolute atomic E-state index is 0.181. The van der Waals surface area contributed by atoms with Gasteiger partial charge in [0, 0.05) is 24.0 Å². The van der Waals surface area contributed by atoms with Crippen LogP contribution in [0.3, 0.4) is 0 Å². The van der Waals surface area contributed by atoms with Crippen molar-refractivity contribution < 1.29 is 9.53 Å². The van der Waals surface area contributed by atoms with E-state index in [9.17, 15) is 4.79 Å². The molecule has 2 aromatic rings. The van der Waals surface area contributed by atoms with E-state index in [1.807, 2.05) is 19.1 Å². The maximum absolute atomic E-state index is 12.0. The van der Waals surface area contributed by atoms with Crippen molar-refractivity contribution in [3.05, 3.63) is 53.3 Å². The molecule has 0 saturated heterocycles. The summed E-state index contributed by atoms with van der Waals surface area (Å²) < 4.78 is 5.06. The smallest absolute Gasteiger partial charge is 0.251 e. The number of carbonyl (C=O) groups is 1. The third-order valence-corrected chi connectivity index (χ3v) is 2.92. The molecule has 0 unspecified atom stereocenters. The van der Waals surface area contributed by atoms with E-state index in [0.29, 0.717) is 23.5 Å². The van der Waals surface area contributed by atoms with E-state index >= 15 is 0 Å². The lowest BCUT2D eigenvalue weighted by Gasteiger charge is -2.08. The molecule has 104 valence electrons. The van der Waals surface area contributed by atoms with Crippen molar-refractivity contribution in [1.29, 1.82) is 0 Å². The third-order valence-electron chi connectivity index (χ3n) is 2.92. The van der Waals surface area contributed by atoms with Gasteiger partial charge in [-0.3, -0.25) is 9.78 Å². The quantitative estimate of drug-likeness (QED) is 0.833. The molecule has 5 heteroatoms. The lowest BCUT2D eigenvalue weighted by molar-refractivity contribution is 0.0951. The molecule has 0 saturated carbocycles. The summed E-state index contributed by atoms with van der Waals surface area (Å²) in [5.74, 6) is 0.379. The molecule has 5 nitrogen and oxygen atoms in total. The lowest BCUT2D eigenvalue weighted by Crippen LogP contribution is -2.23. The van der Waals surface area contributed by atoms with Gasteiger partial charge >= 0.3 is 0 Å². The van der Waals surface area contributed by atoms with Crippen LogP contribution in [-0.4, -0.2) is 18.0 Å². The molecule has 0 aliphatic rings. The van der Waals surface area contributed by atoms with Crippen LogP contribution in [0.1, 0.15) is 21.6 Å². The number of nitrogens with zero attached hydrogens (tertiary/aromatic N) is 1. The summed E-state index contributed by atoms with van der Waals surface area (Å²) in [6.45, 7) is 2.35. The van der Waals surface area contributed by atoms with E-state index in [1.165, 1.54) is 7.11 Å². The molecule has 0 spiro atoms. The van der Waals surface area contributed by atoms with Crippen LogP contribution in [-0.2, 0) is 6.54 Å². The van der Waals surface area contributed by atoms with Gasteiger partial charge in [-0.1, -0.05) is 6.07 Å². The molecule has 1 aromatic carbocycles. The van der Waals surface area contributed by atoms with Crippen LogP contribution in [0, 0.1) is 6.92 Å². The van der Waals surface area contributed by atoms with Gasteiger partial charge in [-0.25, -0.2) is 0 Å². The summed E-state index contributed by atoms with van der Waals surface area (Å²) in [5.41, 5.74) is 8.62. The number of aryl methyl sites for hydroxylation is 1. The van der Waals surface area contributed by atoms with Crippen LogP contribution >= 0.6 is 0 Å². The molecule has 1 aromatic heterocycles. The van der Waals surface area contributed by atoms with Gasteiger partial charge in [-0.05, 0) is 36.8 Å². The largest absolute Gasteiger partial charge is 0.495 e. The summed E-state index contributed by atoms with van der Waals surface area (Å²) in [6, 6.07) is 8.80. The molecular weight excluding hydrogens is 254 g/mol. The summed E-state index contributed by atoms with van der Waals surface area (Å²) >= 11 is 0. The van der Waals surface area contributed by atoms with Crippen molar-refractivity contribution in [2.24, 2.45) is 0 Å². The number of aromatic nitrogens is 1. The molecule has 0 fully saturated rings. The van der Waals surface area contributed by atoms with Gasteiger partial charge in [0.1, 0.15) is 5.75 Å². The van der Waals surface area contributed by atoms with Gasteiger partial charge in [-0.15, -0.1) is 0 Å². The van der Waals surface area contributed by atoms with Gasteiger partial charge in [0.15, 0.2) is 0 Å². The highest BCUT2D eigenvalue weighted by molar-refractivity contribution is 5.95. The van der Waals surface area contributed by atoms with Crippen LogP contribution in [0.2, 0.25) is 0 Å². The van der Waals surface area contributed by atoms with Crippen LogP contribution in [0.5, 0.6) is 5.75 Å². The van der Waals surface area contributed by atoms with Gasteiger partial charge in [-0.2, -0.15) is 0 Å². The number of anilines is 1. The number of pyridine rings is 1. The van der Waals surface area contributed by atoms with Crippen molar-refractivity contribution in [3.8, 4) is 5.75 Å². The minimum atomic E-state index is -0.181. The van der Waals surface area contributed by atoms with Crippen LogP contribution in [0.4, 0.5) is 5.69 Å². The fourth-order valence-corrected chi connectivity index (χ4v) is 1.76. The first-order valence-corrected chi connectivity index (χ1v) is 6.23. The average Bonchev–Trinajstić information content (AvgIpc) is 2.46. The van der Waals surface area contributed by atoms with E-state index in [4.69, 9.17) is 10.5 Å². The van der Waals surface area contributed by atoms with Crippen LogP contribution < -0.4 is 15.8 Å². The van der Waals surface area contributed by atoms with Gasteiger partial charge in [0.25, 0.3) is 5.91 Å². The fourth-order valence-electron chi connectivity index (χ4n) is 1.76. The standard InChI is InChI=1S/C15H17N3O2/c1-10-3-4-11(8-17-10)9-18-15(19)12-5-6-14(20-2)13(16)7-12/h3-8H,9,16H2,1-2H3,(H,18,19). The second kappa shape index (κ2) is 6.06. The van der Waals surface area contributed by atoms with E-state index in [1.54, 1.807) is 24.4 Å². The van der Waals surface area contributed by atoms with Gasteiger partial charge < -0.3 is 15.8 Å². The lowest BCUT2D eigenvalue weighted by atomic mass is 10.1. The molecule has 0 aliphatic heterocycles. The Labute approximate surface area is 117 Å². The predicted molar refractivity (Wildman–Crippen MR) is 77.6 cm³/mol. The molecule has 1 heterocycles. The number of benzene rings is 1. The minimum Gasteiger partial charge on any atom is -0.495 e. The van der Waals surface area contributed by atoms with Crippen molar-refractivity contribution >= 4 is 11.6 Å². The van der Waals surface area contributed by atoms with E-state index in [0.717, 1.165) is 11.3 Å². The Morgan fingerprint density at radius 2 is 2.15 bits per heavy atom. The molecule has 3 N–H and O–H groups in total. The number of nitrogens with one attached hydrogen (secondary N) is 1. The normalized spacial score (nSPS) is 10.1. The average molecular weight is 271 g/mol. The number of hydrogen-bond acceptors (Lipinski definition) is 4. The predicted octanol–water partition coefficient (Wildman–Crippen LogP) is 1.91. The van der Waals surface area contributed by atoms with Crippen LogP contribution in [0.25, 0.3) is 0 Å². The number of nitrogens with two attached hydrogens (primary N) is 1. The highest BCUT2D eigenvalue weighted by atomic mass is 16.5. The first-order valence-electron chi connectivity index (χ1n) is 6.23. The SMILES string of the molecule is COc1ccc(C(=O)NCc2ccc(C)nc2)cc1N. The Hall–Kier alpha value is -2.56. The Bertz CT molecular complexity index is 609. The Balaban J connectivity index is 2.01. The zero-order chi connectivity index (χ0) is 14.5. The third kappa shape index (κ3) is 3.26. The number of ether oxygens (including phenoxy) is 1. The highest BCUT2D eigenvalue weighted by Crippen LogP contribution is 2.21. The summed E-state index contributed by atoms with van der Waals surface area (Å²) in [5, 5.41) is 2.82. The maximum atomic E-state index is 12.0. The second-order valence-corrected chi connectivity index (χ2v) is 4.45. The van der Waals surface area contributed by atoms with Gasteiger partial charge in [0.2, 0.25) is 0 Å². The molecule has 0 bridgehead atoms. The molecule has 0 aliphatic carbocycles. The summed E-state index contributed by atoms with van der Waals surface area (Å²) in [7, 11) is 1.54. The zero-order valence-corrected chi connectivity index (χ0v) is 11.5. The Kier molecular flexibility index (Phi) is 4.20. The summed E-state index contributed by atoms with van der Waals surface area (Å²) in [6.07, 6.45) is 1.75. The zero-order valence-electron chi connectivity index (χ0n) is 11.5. The fraction of sp³-hybridized carbons (Fsp3) is 0.200. The molecule has 1 amide bonds. The van der Waals surface area contributed by atoms with Gasteiger partial charge in [0.05, 0.1) is 12.8 Å². The number of methoxy groups -OCH3 is 1. The maximum Gasteiger partial charge on any atom is 0.251 e. The highest BCUT2D eigenvalue weighted by Gasteiger charge is 2.08. The molecule has 0 atom stereocenters. The number of carbonyl (C=O) groups excluding carboxylic acids is 1. The topological polar surface area (TPSA) is 77.2 Å². The first kappa shape index (κ1) is 13.9. The number of amides is 1. The van der Waals surface area contributed by atoms with Crippen molar-refractivity contribution in [1.82, 2.24) is 10.3 Å². The first-order chi connectivity index (χ1) is 9.60. The van der Waals surface area contributed by atoms with Crippen molar-refractivity contribution in [2.75, 3.05) is 12.8 Å². The van der Waals surface area contributed by atoms with E-state index in [-0.39, 0.29) is 5.91 Å². The molecular formula is C15H17N3O2. The number of nitrogen functional groups attached to an aromatic ring is 1. The van der Waals surface area contributed by atoms with E-state index in [2.05, 4.69) is 10.3 Å². The monoisotopic (exact) mass is 271 g/mol. The van der Waals surface area contributed by atoms with Crippen molar-refractivity contribution in [3.63, 3.8) is 0 Å². The van der Waals surface area contributed by atoms with Crippen molar-refractivity contribution in [2.45, 2.75) is 13.5 Å². The number of hydrogen-bond donors (Lipinski definition) is 2. The molecule has 0 radical (unpaired) electrons. The molecule has 20 heavy (non-hydrogen) atoms. The molecule has 2 rings (SSSR count). The second-order valence-electron chi connectivity index (χ2n) is 4.45.